The average Bonchev–Trinajstić information content (AvgIpc) is 1.99. The van der Waals surface area contributed by atoms with Crippen LogP contribution in [0.3, 0.4) is 0 Å². The van der Waals surface area contributed by atoms with E-state index in [4.69, 9.17) is 5.26 Å². The highest BCUT2D eigenvalue weighted by Crippen LogP contribution is 2.19. The molecule has 0 atom stereocenters. The Morgan fingerprint density at radius 3 is 2.17 bits per heavy atom. The molecule has 0 saturated carbocycles. The third-order valence-electron chi connectivity index (χ3n) is 1.13. The molecule has 0 aromatic heterocycles. The van der Waals surface area contributed by atoms with Crippen molar-refractivity contribution in [3.05, 3.63) is 32.7 Å². The zero-order valence-electron chi connectivity index (χ0n) is 5.94. The van der Waals surface area contributed by atoms with Crippen LogP contribution in [0, 0.1) is 23.2 Å². The van der Waals surface area contributed by atoms with E-state index in [-0.39, 0.29) is 0 Å². The third-order valence-corrected chi connectivity index (χ3v) is 2.04. The second kappa shape index (κ2) is 4.30. The van der Waals surface area contributed by atoms with E-state index in [1.165, 1.54) is 0 Å². The van der Waals surface area contributed by atoms with Gasteiger partial charge in [-0.25, -0.2) is 0 Å². The van der Waals surface area contributed by atoms with E-state index in [2.05, 4.69) is 43.7 Å². The molecule has 0 radical (unpaired) electrons. The zero-order chi connectivity index (χ0) is 8.97. The second-order valence-corrected chi connectivity index (χ2v) is 3.85. The van der Waals surface area contributed by atoms with Crippen LogP contribution in [0.25, 0.3) is 0 Å². The Kier molecular flexibility index (Phi) is 3.34. The molecule has 58 valence electrons. The van der Waals surface area contributed by atoms with E-state index in [1.54, 1.807) is 6.07 Å². The van der Waals surface area contributed by atoms with E-state index in [0.29, 0.717) is 0 Å². The van der Waals surface area contributed by atoms with Crippen molar-refractivity contribution in [2.75, 3.05) is 0 Å². The van der Waals surface area contributed by atoms with Crippen molar-refractivity contribution >= 4 is 31.9 Å². The Balaban J connectivity index is 3.11. The van der Waals surface area contributed by atoms with Gasteiger partial charge in [-0.1, -0.05) is 37.8 Å². The molecule has 0 bridgehead atoms. The maximum absolute atomic E-state index is 8.22. The van der Waals surface area contributed by atoms with E-state index < -0.39 is 0 Å². The molecule has 3 heteroatoms. The topological polar surface area (TPSA) is 23.8 Å². The number of hydrogen-bond donors (Lipinski definition) is 0. The molecule has 1 nitrogen and oxygen atoms in total. The summed E-state index contributed by atoms with van der Waals surface area (Å²) >= 11 is 6.65. The zero-order valence-corrected chi connectivity index (χ0v) is 9.11. The lowest BCUT2D eigenvalue weighted by molar-refractivity contribution is 1.54. The first kappa shape index (κ1) is 9.32. The molecule has 0 saturated heterocycles. The summed E-state index contributed by atoms with van der Waals surface area (Å²) in [6.07, 6.45) is 0. The van der Waals surface area contributed by atoms with Gasteiger partial charge in [-0.05, 0) is 18.2 Å². The highest BCUT2D eigenvalue weighted by Gasteiger charge is 1.93. The molecule has 0 aliphatic carbocycles. The van der Waals surface area contributed by atoms with Gasteiger partial charge >= 0.3 is 0 Å². The number of hydrogen-bond acceptors (Lipinski definition) is 1. The van der Waals surface area contributed by atoms with Crippen LogP contribution in [0.1, 0.15) is 5.56 Å². The fraction of sp³-hybridized carbons (Fsp3) is 0. The maximum Gasteiger partial charge on any atom is 0.152 e. The predicted octanol–water partition coefficient (Wildman–Crippen LogP) is 3.09. The van der Waals surface area contributed by atoms with Crippen LogP contribution >= 0.6 is 31.9 Å². The van der Waals surface area contributed by atoms with Crippen molar-refractivity contribution < 1.29 is 0 Å². The van der Waals surface area contributed by atoms with Crippen molar-refractivity contribution in [2.24, 2.45) is 0 Å². The summed E-state index contributed by atoms with van der Waals surface area (Å²) in [7, 11) is 0. The van der Waals surface area contributed by atoms with Crippen molar-refractivity contribution in [2.45, 2.75) is 0 Å². The van der Waals surface area contributed by atoms with Gasteiger partial charge in [-0.3, -0.25) is 0 Å². The Hall–Kier alpha value is -0.770. The standard InChI is InChI=1S/C9H3Br2N/c10-8-4-7(2-1-3-12)5-9(11)6-8/h4-6H. The minimum absolute atomic E-state index is 0.817. The summed E-state index contributed by atoms with van der Waals surface area (Å²) in [5, 5.41) is 8.22. The molecule has 1 aromatic rings. The Labute approximate surface area is 87.7 Å². The van der Waals surface area contributed by atoms with Gasteiger partial charge in [0.1, 0.15) is 0 Å². The van der Waals surface area contributed by atoms with E-state index in [1.807, 2.05) is 18.2 Å². The minimum Gasteiger partial charge on any atom is -0.183 e. The lowest BCUT2D eigenvalue weighted by Crippen LogP contribution is -1.74. The summed E-state index contributed by atoms with van der Waals surface area (Å²) in [6.45, 7) is 0. The minimum atomic E-state index is 0.817. The summed E-state index contributed by atoms with van der Waals surface area (Å²) in [5.41, 5.74) is 0.817. The van der Waals surface area contributed by atoms with Crippen LogP contribution in [-0.2, 0) is 0 Å². The van der Waals surface area contributed by atoms with Crippen LogP contribution in [0.5, 0.6) is 0 Å². The SMILES string of the molecule is N#CC#Cc1cc(Br)cc(Br)c1. The molecule has 12 heavy (non-hydrogen) atoms. The van der Waals surface area contributed by atoms with E-state index in [0.717, 1.165) is 14.5 Å². The van der Waals surface area contributed by atoms with Crippen molar-refractivity contribution in [3.8, 4) is 17.9 Å². The van der Waals surface area contributed by atoms with Crippen LogP contribution in [0.4, 0.5) is 0 Å². The fourth-order valence-electron chi connectivity index (χ4n) is 0.726. The highest BCUT2D eigenvalue weighted by atomic mass is 79.9. The Morgan fingerprint density at radius 2 is 1.67 bits per heavy atom. The van der Waals surface area contributed by atoms with Crippen molar-refractivity contribution in [1.29, 1.82) is 5.26 Å². The molecule has 1 rings (SSSR count). The Bertz CT molecular complexity index is 373. The van der Waals surface area contributed by atoms with Crippen LogP contribution < -0.4 is 0 Å². The van der Waals surface area contributed by atoms with Crippen molar-refractivity contribution in [3.63, 3.8) is 0 Å². The van der Waals surface area contributed by atoms with Gasteiger partial charge in [0, 0.05) is 20.4 Å². The van der Waals surface area contributed by atoms with Gasteiger partial charge in [-0.2, -0.15) is 5.26 Å². The van der Waals surface area contributed by atoms with E-state index in [9.17, 15) is 0 Å². The molecule has 0 heterocycles. The van der Waals surface area contributed by atoms with Gasteiger partial charge in [-0.15, -0.1) is 0 Å². The van der Waals surface area contributed by atoms with Gasteiger partial charge in [0.2, 0.25) is 0 Å². The maximum atomic E-state index is 8.22. The van der Waals surface area contributed by atoms with Gasteiger partial charge in [0.25, 0.3) is 0 Å². The summed E-state index contributed by atoms with van der Waals surface area (Å²) < 4.78 is 1.89. The van der Waals surface area contributed by atoms with Gasteiger partial charge in [0.05, 0.1) is 0 Å². The quantitative estimate of drug-likeness (QED) is 0.672. The molecule has 0 aliphatic rings. The lowest BCUT2D eigenvalue weighted by Gasteiger charge is -1.93. The smallest absolute Gasteiger partial charge is 0.152 e. The number of nitriles is 1. The normalized spacial score (nSPS) is 8.08. The number of halogens is 2. The van der Waals surface area contributed by atoms with Crippen molar-refractivity contribution in [1.82, 2.24) is 0 Å². The average molecular weight is 285 g/mol. The van der Waals surface area contributed by atoms with Gasteiger partial charge < -0.3 is 0 Å². The first-order valence-electron chi connectivity index (χ1n) is 3.08. The molecule has 1 aromatic carbocycles. The molecular weight excluding hydrogens is 282 g/mol. The van der Waals surface area contributed by atoms with Crippen LogP contribution in [0.15, 0.2) is 27.1 Å². The van der Waals surface area contributed by atoms with Crippen LogP contribution in [-0.4, -0.2) is 0 Å². The third kappa shape index (κ3) is 2.70. The molecule has 0 spiro atoms. The molecule has 0 N–H and O–H groups in total. The lowest BCUT2D eigenvalue weighted by atomic mass is 10.2. The predicted molar refractivity (Wildman–Crippen MR) is 54.3 cm³/mol. The number of nitrogens with zero attached hydrogens (tertiary/aromatic N) is 1. The fourth-order valence-corrected chi connectivity index (χ4v) is 2.02. The Morgan fingerprint density at radius 1 is 1.08 bits per heavy atom. The molecular formula is C9H3Br2N. The molecule has 0 amide bonds. The molecule has 0 aliphatic heterocycles. The second-order valence-electron chi connectivity index (χ2n) is 2.02. The van der Waals surface area contributed by atoms with E-state index >= 15 is 0 Å². The van der Waals surface area contributed by atoms with Crippen LogP contribution in [0.2, 0.25) is 0 Å². The largest absolute Gasteiger partial charge is 0.183 e. The van der Waals surface area contributed by atoms with Gasteiger partial charge in [0.15, 0.2) is 6.07 Å². The first-order valence-corrected chi connectivity index (χ1v) is 4.67. The number of rotatable bonds is 0. The number of benzene rings is 1. The highest BCUT2D eigenvalue weighted by molar-refractivity contribution is 9.11. The monoisotopic (exact) mass is 283 g/mol. The summed E-state index contributed by atoms with van der Waals surface area (Å²) in [4.78, 5) is 0. The first-order chi connectivity index (χ1) is 5.72. The molecule has 0 unspecified atom stereocenters. The molecule has 0 fully saturated rings. The summed E-state index contributed by atoms with van der Waals surface area (Å²) in [6, 6.07) is 7.39. The summed E-state index contributed by atoms with van der Waals surface area (Å²) in [5.74, 6) is 5.04.